The highest BCUT2D eigenvalue weighted by molar-refractivity contribution is 5.30. The zero-order valence-corrected chi connectivity index (χ0v) is 19.1. The second-order valence-electron chi connectivity index (χ2n) is 8.01. The molecule has 1 saturated heterocycles. The van der Waals surface area contributed by atoms with E-state index < -0.39 is 11.7 Å². The molecule has 0 aromatic heterocycles. The summed E-state index contributed by atoms with van der Waals surface area (Å²) in [6.07, 6.45) is 8.35. The lowest BCUT2D eigenvalue weighted by Gasteiger charge is -2.29. The molecule has 1 aliphatic heterocycles. The van der Waals surface area contributed by atoms with Gasteiger partial charge in [0.1, 0.15) is 18.1 Å². The first-order chi connectivity index (χ1) is 15.0. The van der Waals surface area contributed by atoms with Crippen LogP contribution in [0.5, 0.6) is 0 Å². The number of benzene rings is 1. The maximum absolute atomic E-state index is 14.0. The minimum Gasteiger partial charge on any atom is -0.498 e. The van der Waals surface area contributed by atoms with E-state index >= 15 is 0 Å². The molecule has 31 heavy (non-hydrogen) atoms. The van der Waals surface area contributed by atoms with E-state index in [1.165, 1.54) is 19.1 Å². The van der Waals surface area contributed by atoms with Gasteiger partial charge in [0.2, 0.25) is 0 Å². The highest BCUT2D eigenvalue weighted by Gasteiger charge is 2.25. The first-order valence-corrected chi connectivity index (χ1v) is 11.3. The zero-order valence-electron chi connectivity index (χ0n) is 19.1. The van der Waals surface area contributed by atoms with Crippen LogP contribution in [0.3, 0.4) is 0 Å². The number of ether oxygens (including phenoxy) is 3. The van der Waals surface area contributed by atoms with Gasteiger partial charge in [0.15, 0.2) is 11.7 Å². The average Bonchev–Trinajstić information content (AvgIpc) is 2.80. The Morgan fingerprint density at radius 1 is 1.06 bits per heavy atom. The van der Waals surface area contributed by atoms with Crippen LogP contribution in [0.1, 0.15) is 75.8 Å². The third-order valence-corrected chi connectivity index (χ3v) is 5.44. The number of methoxy groups -OCH3 is 1. The molecular formula is C26H36F2O3. The first kappa shape index (κ1) is 25.1. The molecule has 1 fully saturated rings. The Morgan fingerprint density at radius 3 is 2.29 bits per heavy atom. The Hall–Kier alpha value is -2.14. The Morgan fingerprint density at radius 2 is 1.71 bits per heavy atom. The minimum atomic E-state index is -0.956. The van der Waals surface area contributed by atoms with Crippen LogP contribution in [-0.4, -0.2) is 19.8 Å². The number of allylic oxidation sites excluding steroid dienone is 5. The molecule has 2 atom stereocenters. The molecule has 1 heterocycles. The van der Waals surface area contributed by atoms with Gasteiger partial charge in [-0.15, -0.1) is 6.58 Å². The lowest BCUT2D eigenvalue weighted by Crippen LogP contribution is -2.24. The largest absolute Gasteiger partial charge is 0.498 e. The Balaban J connectivity index is 0.00000107. The summed E-state index contributed by atoms with van der Waals surface area (Å²) in [6, 6.07) is 8.11. The SMILES string of the molecule is C=CCCC1CCC(c2ccc(COC3=C(F)C(F)=C(OC)CC3)cc2)CO1.CCC. The van der Waals surface area contributed by atoms with Gasteiger partial charge in [0.05, 0.1) is 19.8 Å². The fourth-order valence-electron chi connectivity index (χ4n) is 3.68. The summed E-state index contributed by atoms with van der Waals surface area (Å²) in [4.78, 5) is 0. The third-order valence-electron chi connectivity index (χ3n) is 5.44. The topological polar surface area (TPSA) is 27.7 Å². The van der Waals surface area contributed by atoms with Crippen LogP contribution in [0.2, 0.25) is 0 Å². The molecule has 3 rings (SSSR count). The number of halogens is 2. The van der Waals surface area contributed by atoms with Crippen LogP contribution in [0.15, 0.2) is 60.1 Å². The van der Waals surface area contributed by atoms with Crippen LogP contribution >= 0.6 is 0 Å². The number of hydrogen-bond acceptors (Lipinski definition) is 3. The van der Waals surface area contributed by atoms with E-state index in [4.69, 9.17) is 14.2 Å². The summed E-state index contributed by atoms with van der Waals surface area (Å²) in [5.74, 6) is -1.42. The summed E-state index contributed by atoms with van der Waals surface area (Å²) in [5.41, 5.74) is 2.17. The average molecular weight is 435 g/mol. The number of hydrogen-bond donors (Lipinski definition) is 0. The monoisotopic (exact) mass is 434 g/mol. The molecule has 0 saturated carbocycles. The van der Waals surface area contributed by atoms with E-state index in [1.54, 1.807) is 0 Å². The van der Waals surface area contributed by atoms with Crippen LogP contribution < -0.4 is 0 Å². The lowest BCUT2D eigenvalue weighted by atomic mass is 9.90. The van der Waals surface area contributed by atoms with Gasteiger partial charge in [-0.25, -0.2) is 0 Å². The standard InChI is InChI=1S/C23H28F2O3.C3H8/c1-3-4-5-19-11-10-18(15-27-19)17-8-6-16(7-9-17)14-28-21-13-12-20(26-2)22(24)23(21)25;1-3-2/h3,6-9,18-19H,1,4-5,10-15H2,2H3;3H2,1-2H3. The van der Waals surface area contributed by atoms with Gasteiger partial charge in [-0.3, -0.25) is 0 Å². The zero-order chi connectivity index (χ0) is 22.6. The molecule has 172 valence electrons. The quantitative estimate of drug-likeness (QED) is 0.393. The van der Waals surface area contributed by atoms with Crippen molar-refractivity contribution in [1.82, 2.24) is 0 Å². The van der Waals surface area contributed by atoms with Crippen LogP contribution in [-0.2, 0) is 20.8 Å². The highest BCUT2D eigenvalue weighted by atomic mass is 19.2. The van der Waals surface area contributed by atoms with Crippen molar-refractivity contribution in [3.63, 3.8) is 0 Å². The maximum Gasteiger partial charge on any atom is 0.199 e. The van der Waals surface area contributed by atoms with Crippen LogP contribution in [0, 0.1) is 0 Å². The van der Waals surface area contributed by atoms with Crippen molar-refractivity contribution in [3.8, 4) is 0 Å². The third kappa shape index (κ3) is 7.49. The molecule has 3 nitrogen and oxygen atoms in total. The summed E-state index contributed by atoms with van der Waals surface area (Å²) in [7, 11) is 1.34. The molecule has 0 amide bonds. The predicted molar refractivity (Wildman–Crippen MR) is 121 cm³/mol. The van der Waals surface area contributed by atoms with Gasteiger partial charge in [0.25, 0.3) is 0 Å². The molecule has 0 spiro atoms. The smallest absolute Gasteiger partial charge is 0.199 e. The molecule has 2 aliphatic rings. The van der Waals surface area contributed by atoms with E-state index in [0.717, 1.165) is 37.9 Å². The fraction of sp³-hybridized carbons (Fsp3) is 0.538. The van der Waals surface area contributed by atoms with E-state index in [2.05, 4.69) is 32.6 Å². The molecule has 5 heteroatoms. The van der Waals surface area contributed by atoms with Crippen molar-refractivity contribution >= 4 is 0 Å². The molecule has 1 aromatic carbocycles. The second kappa shape index (κ2) is 13.3. The van der Waals surface area contributed by atoms with Gasteiger partial charge < -0.3 is 14.2 Å². The molecule has 0 N–H and O–H groups in total. The number of rotatable bonds is 8. The molecule has 0 radical (unpaired) electrons. The van der Waals surface area contributed by atoms with Crippen LogP contribution in [0.25, 0.3) is 0 Å². The van der Waals surface area contributed by atoms with Crippen molar-refractivity contribution in [1.29, 1.82) is 0 Å². The van der Waals surface area contributed by atoms with Gasteiger partial charge in [-0.2, -0.15) is 8.78 Å². The normalized spacial score (nSPS) is 21.3. The van der Waals surface area contributed by atoms with Gasteiger partial charge in [-0.05, 0) is 36.8 Å². The van der Waals surface area contributed by atoms with E-state index in [-0.39, 0.29) is 18.1 Å². The molecule has 1 aromatic rings. The fourth-order valence-corrected chi connectivity index (χ4v) is 3.68. The molecular weight excluding hydrogens is 398 g/mol. The van der Waals surface area contributed by atoms with Crippen LogP contribution in [0.4, 0.5) is 8.78 Å². The van der Waals surface area contributed by atoms with E-state index in [9.17, 15) is 8.78 Å². The predicted octanol–water partition coefficient (Wildman–Crippen LogP) is 7.65. The van der Waals surface area contributed by atoms with Crippen molar-refractivity contribution in [2.75, 3.05) is 13.7 Å². The summed E-state index contributed by atoms with van der Waals surface area (Å²) >= 11 is 0. The van der Waals surface area contributed by atoms with Crippen molar-refractivity contribution in [2.24, 2.45) is 0 Å². The Kier molecular flexibility index (Phi) is 10.8. The molecule has 2 unspecified atom stereocenters. The Labute approximate surface area is 185 Å². The molecule has 0 bridgehead atoms. The van der Waals surface area contributed by atoms with Crippen molar-refractivity contribution in [3.05, 3.63) is 71.2 Å². The summed E-state index contributed by atoms with van der Waals surface area (Å²) in [5, 5.41) is 0. The highest BCUT2D eigenvalue weighted by Crippen LogP contribution is 2.34. The lowest BCUT2D eigenvalue weighted by molar-refractivity contribution is -0.000179. The van der Waals surface area contributed by atoms with Crippen molar-refractivity contribution < 1.29 is 23.0 Å². The maximum atomic E-state index is 14.0. The van der Waals surface area contributed by atoms with Crippen molar-refractivity contribution in [2.45, 2.75) is 77.4 Å². The summed E-state index contributed by atoms with van der Waals surface area (Å²) in [6.45, 7) is 8.96. The Bertz CT molecular complexity index is 744. The second-order valence-corrected chi connectivity index (χ2v) is 8.01. The van der Waals surface area contributed by atoms with E-state index in [1.807, 2.05) is 18.2 Å². The minimum absolute atomic E-state index is 0.0376. The first-order valence-electron chi connectivity index (χ1n) is 11.3. The molecule has 1 aliphatic carbocycles. The van der Waals surface area contributed by atoms with E-state index in [0.29, 0.717) is 24.9 Å². The van der Waals surface area contributed by atoms with Gasteiger partial charge >= 0.3 is 0 Å². The summed E-state index contributed by atoms with van der Waals surface area (Å²) < 4.78 is 44.2. The van der Waals surface area contributed by atoms with Gasteiger partial charge in [-0.1, -0.05) is 50.6 Å². The van der Waals surface area contributed by atoms with Gasteiger partial charge in [0, 0.05) is 18.8 Å².